The standard InChI is InChI=1S/C20H19N3O9S/c1-11(24)17(18(25)21-13-5-7-14(8-6-13)33(28,29)30)23-22-16-10-12(19(26)31-2)4-9-15(16)20(27)32-3/h4-10,17H,1-3H3,(H,21,25)(H,28,29,30). The highest BCUT2D eigenvalue weighted by Gasteiger charge is 2.24. The lowest BCUT2D eigenvalue weighted by molar-refractivity contribution is -0.126. The number of nitrogens with zero attached hydrogens (tertiary/aromatic N) is 2. The van der Waals surface area contributed by atoms with Gasteiger partial charge in [0.05, 0.1) is 30.2 Å². The second-order valence-electron chi connectivity index (χ2n) is 6.43. The number of Topliss-reactive ketones (excluding diaryl/α,β-unsaturated/α-hetero) is 1. The maximum atomic E-state index is 12.5. The third kappa shape index (κ3) is 6.51. The number of ether oxygens (including phenoxy) is 2. The van der Waals surface area contributed by atoms with Crippen molar-refractivity contribution in [3.8, 4) is 0 Å². The van der Waals surface area contributed by atoms with Gasteiger partial charge in [0.25, 0.3) is 16.0 Å². The summed E-state index contributed by atoms with van der Waals surface area (Å²) in [7, 11) is -2.11. The van der Waals surface area contributed by atoms with Gasteiger partial charge in [0.1, 0.15) is 5.69 Å². The lowest BCUT2D eigenvalue weighted by Crippen LogP contribution is -2.31. The number of esters is 2. The zero-order valence-electron chi connectivity index (χ0n) is 17.6. The fourth-order valence-corrected chi connectivity index (χ4v) is 2.98. The van der Waals surface area contributed by atoms with Gasteiger partial charge in [-0.15, -0.1) is 0 Å². The second kappa shape index (κ2) is 10.6. The van der Waals surface area contributed by atoms with E-state index in [-0.39, 0.29) is 27.4 Å². The Bertz CT molecular complexity index is 1220. The molecule has 0 aliphatic rings. The molecule has 0 fully saturated rings. The summed E-state index contributed by atoms with van der Waals surface area (Å²) in [5.74, 6) is -3.08. The number of benzene rings is 2. The van der Waals surface area contributed by atoms with Gasteiger partial charge in [0.15, 0.2) is 5.78 Å². The maximum absolute atomic E-state index is 12.5. The molecule has 2 N–H and O–H groups in total. The molecule has 2 rings (SSSR count). The van der Waals surface area contributed by atoms with Crippen LogP contribution in [0.3, 0.4) is 0 Å². The van der Waals surface area contributed by atoms with Crippen molar-refractivity contribution >= 4 is 45.1 Å². The number of ketones is 1. The quantitative estimate of drug-likeness (QED) is 0.249. The normalized spacial score (nSPS) is 12.1. The van der Waals surface area contributed by atoms with Crippen molar-refractivity contribution in [2.45, 2.75) is 17.9 Å². The van der Waals surface area contributed by atoms with E-state index in [0.29, 0.717) is 0 Å². The van der Waals surface area contributed by atoms with Gasteiger partial charge in [-0.3, -0.25) is 14.1 Å². The molecule has 174 valence electrons. The molecule has 0 bridgehead atoms. The minimum absolute atomic E-state index is 0.0434. The Balaban J connectivity index is 2.34. The van der Waals surface area contributed by atoms with Crippen molar-refractivity contribution in [3.63, 3.8) is 0 Å². The first kappa shape index (κ1) is 25.3. The van der Waals surface area contributed by atoms with Crippen LogP contribution in [0, 0.1) is 0 Å². The minimum Gasteiger partial charge on any atom is -0.465 e. The van der Waals surface area contributed by atoms with E-state index >= 15 is 0 Å². The van der Waals surface area contributed by atoms with Crippen LogP contribution in [-0.4, -0.2) is 56.9 Å². The predicted molar refractivity (Wildman–Crippen MR) is 113 cm³/mol. The van der Waals surface area contributed by atoms with E-state index in [2.05, 4.69) is 25.0 Å². The molecule has 1 unspecified atom stereocenters. The summed E-state index contributed by atoms with van der Waals surface area (Å²) >= 11 is 0. The Morgan fingerprint density at radius 3 is 2.09 bits per heavy atom. The molecule has 0 saturated carbocycles. The Kier molecular flexibility index (Phi) is 8.10. The Labute approximate surface area is 188 Å². The van der Waals surface area contributed by atoms with Crippen molar-refractivity contribution in [3.05, 3.63) is 53.6 Å². The van der Waals surface area contributed by atoms with Gasteiger partial charge >= 0.3 is 11.9 Å². The number of rotatable bonds is 8. The highest BCUT2D eigenvalue weighted by molar-refractivity contribution is 7.85. The number of azo groups is 1. The van der Waals surface area contributed by atoms with E-state index in [9.17, 15) is 27.6 Å². The molecule has 1 amide bonds. The zero-order chi connectivity index (χ0) is 24.8. The van der Waals surface area contributed by atoms with Gasteiger partial charge in [-0.1, -0.05) is 0 Å². The second-order valence-corrected chi connectivity index (χ2v) is 7.85. The lowest BCUT2D eigenvalue weighted by atomic mass is 10.1. The van der Waals surface area contributed by atoms with E-state index in [1.165, 1.54) is 30.3 Å². The molecule has 2 aromatic rings. The summed E-state index contributed by atoms with van der Waals surface area (Å²) in [5, 5.41) is 9.89. The van der Waals surface area contributed by atoms with E-state index in [1.54, 1.807) is 0 Å². The summed E-state index contributed by atoms with van der Waals surface area (Å²) in [4.78, 5) is 47.9. The Morgan fingerprint density at radius 2 is 1.58 bits per heavy atom. The van der Waals surface area contributed by atoms with Crippen LogP contribution in [0.15, 0.2) is 57.6 Å². The van der Waals surface area contributed by atoms with Gasteiger partial charge in [0, 0.05) is 5.69 Å². The molecule has 0 aromatic heterocycles. The number of hydrogen-bond donors (Lipinski definition) is 2. The third-order valence-corrected chi connectivity index (χ3v) is 5.03. The first-order chi connectivity index (χ1) is 15.5. The average Bonchev–Trinajstić information content (AvgIpc) is 2.77. The molecule has 0 saturated heterocycles. The molecule has 0 radical (unpaired) electrons. The number of hydrogen-bond acceptors (Lipinski definition) is 10. The van der Waals surface area contributed by atoms with Crippen LogP contribution in [0.5, 0.6) is 0 Å². The van der Waals surface area contributed by atoms with E-state index < -0.39 is 39.8 Å². The molecule has 0 heterocycles. The van der Waals surface area contributed by atoms with E-state index in [4.69, 9.17) is 4.55 Å². The van der Waals surface area contributed by atoms with Gasteiger partial charge in [-0.05, 0) is 49.4 Å². The van der Waals surface area contributed by atoms with Crippen molar-refractivity contribution in [2.24, 2.45) is 10.2 Å². The topological polar surface area (TPSA) is 178 Å². The first-order valence-electron chi connectivity index (χ1n) is 9.08. The number of methoxy groups -OCH3 is 2. The van der Waals surface area contributed by atoms with E-state index in [1.807, 2.05) is 0 Å². The number of nitrogens with one attached hydrogen (secondary N) is 1. The van der Waals surface area contributed by atoms with E-state index in [0.717, 1.165) is 33.3 Å². The number of amides is 1. The third-order valence-electron chi connectivity index (χ3n) is 4.16. The van der Waals surface area contributed by atoms with Crippen LogP contribution in [-0.2, 0) is 29.2 Å². The molecule has 12 nitrogen and oxygen atoms in total. The molecule has 1 atom stereocenters. The van der Waals surface area contributed by atoms with Crippen LogP contribution in [0.4, 0.5) is 11.4 Å². The SMILES string of the molecule is COC(=O)c1ccc(C(=O)OC)c(N=NC(C(C)=O)C(=O)Nc2ccc(S(=O)(=O)O)cc2)c1. The Hall–Kier alpha value is -3.97. The summed E-state index contributed by atoms with van der Waals surface area (Å²) in [6, 6.07) is 6.62. The summed E-state index contributed by atoms with van der Waals surface area (Å²) < 4.78 is 40.5. The summed E-state index contributed by atoms with van der Waals surface area (Å²) in [6.07, 6.45) is 0. The molecule has 33 heavy (non-hydrogen) atoms. The van der Waals surface area contributed by atoms with Crippen molar-refractivity contribution < 1.29 is 41.6 Å². The van der Waals surface area contributed by atoms with Crippen molar-refractivity contribution in [1.29, 1.82) is 0 Å². The Morgan fingerprint density at radius 1 is 0.970 bits per heavy atom. The highest BCUT2D eigenvalue weighted by atomic mass is 32.2. The molecule has 0 aliphatic heterocycles. The van der Waals surface area contributed by atoms with Gasteiger partial charge < -0.3 is 14.8 Å². The largest absolute Gasteiger partial charge is 0.465 e. The average molecular weight is 477 g/mol. The van der Waals surface area contributed by atoms with Crippen LogP contribution in [0.2, 0.25) is 0 Å². The highest BCUT2D eigenvalue weighted by Crippen LogP contribution is 2.24. The molecule has 0 spiro atoms. The number of anilines is 1. The molecule has 2 aromatic carbocycles. The minimum atomic E-state index is -4.41. The van der Waals surface area contributed by atoms with Crippen LogP contribution < -0.4 is 5.32 Å². The summed E-state index contributed by atoms with van der Waals surface area (Å²) in [5.41, 5.74) is -0.0441. The summed E-state index contributed by atoms with van der Waals surface area (Å²) in [6.45, 7) is 1.09. The van der Waals surface area contributed by atoms with Gasteiger partial charge in [-0.2, -0.15) is 18.6 Å². The van der Waals surface area contributed by atoms with Crippen molar-refractivity contribution in [2.75, 3.05) is 19.5 Å². The lowest BCUT2D eigenvalue weighted by Gasteiger charge is -2.10. The fourth-order valence-electron chi connectivity index (χ4n) is 2.50. The van der Waals surface area contributed by atoms with Crippen LogP contribution >= 0.6 is 0 Å². The maximum Gasteiger partial charge on any atom is 0.340 e. The van der Waals surface area contributed by atoms with Crippen LogP contribution in [0.25, 0.3) is 0 Å². The molecular weight excluding hydrogens is 458 g/mol. The molecule has 0 aliphatic carbocycles. The monoisotopic (exact) mass is 477 g/mol. The smallest absolute Gasteiger partial charge is 0.340 e. The zero-order valence-corrected chi connectivity index (χ0v) is 18.5. The van der Waals surface area contributed by atoms with Crippen LogP contribution in [0.1, 0.15) is 27.6 Å². The van der Waals surface area contributed by atoms with Crippen molar-refractivity contribution in [1.82, 2.24) is 0 Å². The first-order valence-corrected chi connectivity index (χ1v) is 10.5. The molecule has 13 heteroatoms. The van der Waals surface area contributed by atoms with Gasteiger partial charge in [-0.25, -0.2) is 9.59 Å². The predicted octanol–water partition coefficient (Wildman–Crippen LogP) is 2.19. The fraction of sp³-hybridized carbons (Fsp3) is 0.200. The molecular formula is C20H19N3O9S. The van der Waals surface area contributed by atoms with Gasteiger partial charge in [0.2, 0.25) is 6.04 Å². The number of carbonyl (C=O) groups is 4. The number of carbonyl (C=O) groups excluding carboxylic acids is 4.